The van der Waals surface area contributed by atoms with Crippen molar-refractivity contribution in [3.63, 3.8) is 0 Å². The zero-order valence-electron chi connectivity index (χ0n) is 20.0. The summed E-state index contributed by atoms with van der Waals surface area (Å²) in [5, 5.41) is 7.64. The maximum atomic E-state index is 13.2. The molecule has 1 aliphatic rings. The summed E-state index contributed by atoms with van der Waals surface area (Å²) in [6.45, 7) is 4.03. The van der Waals surface area contributed by atoms with Crippen molar-refractivity contribution < 1.29 is 18.0 Å². The van der Waals surface area contributed by atoms with Gasteiger partial charge in [0.1, 0.15) is 6.04 Å². The number of amides is 2. The van der Waals surface area contributed by atoms with Crippen LogP contribution in [0.1, 0.15) is 30.9 Å². The van der Waals surface area contributed by atoms with E-state index in [1.54, 1.807) is 12.1 Å². The van der Waals surface area contributed by atoms with Crippen LogP contribution < -0.4 is 10.6 Å². The number of carbonyl (C=O) groups is 2. The van der Waals surface area contributed by atoms with Crippen LogP contribution in [0.15, 0.2) is 71.6 Å². The van der Waals surface area contributed by atoms with Crippen LogP contribution in [0.4, 0.5) is 0 Å². The summed E-state index contributed by atoms with van der Waals surface area (Å²) in [5.41, 5.74) is 2.08. The van der Waals surface area contributed by atoms with Gasteiger partial charge >= 0.3 is 0 Å². The van der Waals surface area contributed by atoms with Crippen LogP contribution in [-0.2, 0) is 26.0 Å². The molecule has 1 aliphatic heterocycles. The van der Waals surface area contributed by atoms with Gasteiger partial charge in [0, 0.05) is 32.5 Å². The van der Waals surface area contributed by atoms with E-state index in [1.807, 2.05) is 61.5 Å². The topological polar surface area (TPSA) is 95.6 Å². The normalized spacial score (nSPS) is 16.1. The fraction of sp³-hybridized carbons (Fsp3) is 0.333. The smallest absolute Gasteiger partial charge is 0.243 e. The Kier molecular flexibility index (Phi) is 7.52. The maximum absolute atomic E-state index is 13.2. The summed E-state index contributed by atoms with van der Waals surface area (Å²) in [6, 6.07) is 19.9. The number of nitrogens with one attached hydrogen (secondary N) is 2. The molecule has 0 aliphatic carbocycles. The number of benzene rings is 3. The van der Waals surface area contributed by atoms with Gasteiger partial charge in [0.05, 0.1) is 4.90 Å². The molecular weight excluding hydrogens is 462 g/mol. The molecule has 0 radical (unpaired) electrons. The van der Waals surface area contributed by atoms with Gasteiger partial charge in [-0.3, -0.25) is 9.59 Å². The Morgan fingerprint density at radius 1 is 0.971 bits per heavy atom. The molecule has 1 atom stereocenters. The summed E-state index contributed by atoms with van der Waals surface area (Å²) in [4.78, 5) is 25.0. The van der Waals surface area contributed by atoms with E-state index in [1.165, 1.54) is 11.2 Å². The van der Waals surface area contributed by atoms with Gasteiger partial charge in [-0.1, -0.05) is 60.2 Å². The van der Waals surface area contributed by atoms with Gasteiger partial charge in [0.15, 0.2) is 0 Å². The largest absolute Gasteiger partial charge is 0.351 e. The third-order valence-electron chi connectivity index (χ3n) is 6.41. The van der Waals surface area contributed by atoms with Gasteiger partial charge in [-0.25, -0.2) is 8.42 Å². The van der Waals surface area contributed by atoms with Crippen molar-refractivity contribution in [3.05, 3.63) is 77.9 Å². The van der Waals surface area contributed by atoms with Crippen molar-refractivity contribution in [3.8, 4) is 0 Å². The predicted octanol–water partition coefficient (Wildman–Crippen LogP) is 3.16. The van der Waals surface area contributed by atoms with Gasteiger partial charge < -0.3 is 10.6 Å². The average molecular weight is 494 g/mol. The molecule has 1 heterocycles. The minimum Gasteiger partial charge on any atom is -0.351 e. The van der Waals surface area contributed by atoms with Crippen LogP contribution in [-0.4, -0.2) is 49.7 Å². The molecular formula is C27H31N3O4S. The molecule has 0 bridgehead atoms. The first kappa shape index (κ1) is 24.9. The molecule has 3 aromatic carbocycles. The quantitative estimate of drug-likeness (QED) is 0.529. The molecule has 1 saturated heterocycles. The van der Waals surface area contributed by atoms with E-state index in [2.05, 4.69) is 10.6 Å². The molecule has 0 saturated carbocycles. The van der Waals surface area contributed by atoms with Gasteiger partial charge in [-0.05, 0) is 48.2 Å². The highest BCUT2D eigenvalue weighted by atomic mass is 32.2. The Hall–Kier alpha value is -3.23. The first-order valence-electron chi connectivity index (χ1n) is 11.8. The van der Waals surface area contributed by atoms with Gasteiger partial charge in [-0.2, -0.15) is 4.31 Å². The summed E-state index contributed by atoms with van der Waals surface area (Å²) in [7, 11) is -3.62. The Labute approximate surface area is 206 Å². The van der Waals surface area contributed by atoms with Crippen molar-refractivity contribution in [2.24, 2.45) is 0 Å². The van der Waals surface area contributed by atoms with Crippen molar-refractivity contribution in [1.82, 2.24) is 14.9 Å². The summed E-state index contributed by atoms with van der Waals surface area (Å²) < 4.78 is 27.9. The van der Waals surface area contributed by atoms with E-state index >= 15 is 0 Å². The first-order chi connectivity index (χ1) is 16.7. The number of nitrogens with zero attached hydrogens (tertiary/aromatic N) is 1. The van der Waals surface area contributed by atoms with E-state index in [-0.39, 0.29) is 22.8 Å². The maximum Gasteiger partial charge on any atom is 0.243 e. The van der Waals surface area contributed by atoms with Gasteiger partial charge in [-0.15, -0.1) is 0 Å². The molecule has 7 nitrogen and oxygen atoms in total. The fourth-order valence-corrected chi connectivity index (χ4v) is 5.94. The van der Waals surface area contributed by atoms with E-state index in [0.29, 0.717) is 32.4 Å². The molecule has 35 heavy (non-hydrogen) atoms. The minimum absolute atomic E-state index is 0.153. The van der Waals surface area contributed by atoms with Crippen LogP contribution in [0.3, 0.4) is 0 Å². The molecule has 0 aromatic heterocycles. The molecule has 8 heteroatoms. The monoisotopic (exact) mass is 493 g/mol. The molecule has 4 rings (SSSR count). The number of sulfonamides is 1. The van der Waals surface area contributed by atoms with E-state index in [0.717, 1.165) is 21.9 Å². The van der Waals surface area contributed by atoms with Crippen molar-refractivity contribution in [1.29, 1.82) is 0 Å². The summed E-state index contributed by atoms with van der Waals surface area (Å²) in [5.74, 6) is -0.523. The van der Waals surface area contributed by atoms with Crippen molar-refractivity contribution in [2.45, 2.75) is 50.1 Å². The van der Waals surface area contributed by atoms with Gasteiger partial charge in [0.2, 0.25) is 21.8 Å². The Morgan fingerprint density at radius 2 is 1.63 bits per heavy atom. The average Bonchev–Trinajstić information content (AvgIpc) is 2.84. The van der Waals surface area contributed by atoms with Crippen LogP contribution in [0, 0.1) is 6.92 Å². The summed E-state index contributed by atoms with van der Waals surface area (Å²) in [6.07, 6.45) is 1.41. The minimum atomic E-state index is -3.62. The standard InChI is InChI=1S/C27H31N3O4S/c1-19-7-9-21(10-8-19)17-26(28-20(2)31)27(32)29-24-13-15-30(16-14-24)35(33,34)25-12-11-22-5-3-4-6-23(22)18-25/h3-12,18,24,26H,13-17H2,1-2H3,(H,28,31)(H,29,32). The second-order valence-corrected chi connectivity index (χ2v) is 11.1. The lowest BCUT2D eigenvalue weighted by molar-refractivity contribution is -0.128. The summed E-state index contributed by atoms with van der Waals surface area (Å²) >= 11 is 0. The lowest BCUT2D eigenvalue weighted by atomic mass is 10.0. The van der Waals surface area contributed by atoms with Crippen LogP contribution in [0.2, 0.25) is 0 Å². The van der Waals surface area contributed by atoms with Crippen LogP contribution in [0.5, 0.6) is 0 Å². The number of fused-ring (bicyclic) bond motifs is 1. The Bertz CT molecular complexity index is 1310. The fourth-order valence-electron chi connectivity index (χ4n) is 4.43. The molecule has 184 valence electrons. The number of hydrogen-bond donors (Lipinski definition) is 2. The third kappa shape index (κ3) is 6.07. The number of rotatable bonds is 7. The molecule has 1 fully saturated rings. The SMILES string of the molecule is CC(=O)NC(Cc1ccc(C)cc1)C(=O)NC1CCN(S(=O)(=O)c2ccc3ccccc3c2)CC1. The van der Waals surface area contributed by atoms with Crippen LogP contribution in [0.25, 0.3) is 10.8 Å². The highest BCUT2D eigenvalue weighted by Gasteiger charge is 2.31. The lowest BCUT2D eigenvalue weighted by Crippen LogP contribution is -2.53. The molecule has 1 unspecified atom stereocenters. The molecule has 0 spiro atoms. The highest BCUT2D eigenvalue weighted by Crippen LogP contribution is 2.24. The zero-order valence-corrected chi connectivity index (χ0v) is 20.8. The first-order valence-corrected chi connectivity index (χ1v) is 13.3. The lowest BCUT2D eigenvalue weighted by Gasteiger charge is -2.32. The van der Waals surface area contributed by atoms with Crippen LogP contribution >= 0.6 is 0 Å². The highest BCUT2D eigenvalue weighted by molar-refractivity contribution is 7.89. The van der Waals surface area contributed by atoms with Crippen molar-refractivity contribution >= 4 is 32.6 Å². The molecule has 3 aromatic rings. The van der Waals surface area contributed by atoms with Crippen molar-refractivity contribution in [2.75, 3.05) is 13.1 Å². The number of piperidine rings is 1. The third-order valence-corrected chi connectivity index (χ3v) is 8.31. The number of aryl methyl sites for hydroxylation is 1. The Balaban J connectivity index is 1.38. The molecule has 2 N–H and O–H groups in total. The second kappa shape index (κ2) is 10.6. The number of hydrogen-bond acceptors (Lipinski definition) is 4. The second-order valence-electron chi connectivity index (χ2n) is 9.14. The molecule has 2 amide bonds. The predicted molar refractivity (Wildman–Crippen MR) is 136 cm³/mol. The number of carbonyl (C=O) groups excluding carboxylic acids is 2. The zero-order chi connectivity index (χ0) is 25.0. The Morgan fingerprint density at radius 3 is 2.29 bits per heavy atom. The van der Waals surface area contributed by atoms with E-state index in [4.69, 9.17) is 0 Å². The van der Waals surface area contributed by atoms with Gasteiger partial charge in [0.25, 0.3) is 0 Å². The van der Waals surface area contributed by atoms with E-state index in [9.17, 15) is 18.0 Å². The van der Waals surface area contributed by atoms with E-state index < -0.39 is 16.1 Å².